The van der Waals surface area contributed by atoms with Crippen molar-refractivity contribution < 1.29 is 23.1 Å². The Morgan fingerprint density at radius 2 is 1.93 bits per heavy atom. The van der Waals surface area contributed by atoms with Gasteiger partial charge in [0.1, 0.15) is 17.3 Å². The van der Waals surface area contributed by atoms with Gasteiger partial charge >= 0.3 is 0 Å². The number of hydrogen-bond donors (Lipinski definition) is 0. The number of thioether (sulfide) groups is 1. The first-order chi connectivity index (χ1) is 13.1. The van der Waals surface area contributed by atoms with Gasteiger partial charge in [-0.1, -0.05) is 23.9 Å². The van der Waals surface area contributed by atoms with Crippen LogP contribution in [0.5, 0.6) is 11.5 Å². The molecule has 0 N–H and O–H groups in total. The number of carbonyl (C=O) groups is 1. The number of carbonyl (C=O) groups excluding carboxylic acids is 1. The first-order valence-electron chi connectivity index (χ1n) is 8.11. The smallest absolute Gasteiger partial charge is 0.277 e. The third kappa shape index (κ3) is 4.85. The van der Waals surface area contributed by atoms with E-state index < -0.39 is 6.10 Å². The van der Waals surface area contributed by atoms with Crippen LogP contribution in [0, 0.1) is 5.82 Å². The molecule has 0 aliphatic rings. The van der Waals surface area contributed by atoms with Crippen molar-refractivity contribution in [2.24, 2.45) is 0 Å². The van der Waals surface area contributed by atoms with Crippen molar-refractivity contribution in [3.8, 4) is 11.5 Å². The van der Waals surface area contributed by atoms with E-state index in [9.17, 15) is 9.18 Å². The van der Waals surface area contributed by atoms with Crippen LogP contribution in [-0.4, -0.2) is 28.8 Å². The van der Waals surface area contributed by atoms with Crippen molar-refractivity contribution >= 4 is 17.5 Å². The van der Waals surface area contributed by atoms with Crippen molar-refractivity contribution in [3.05, 3.63) is 65.8 Å². The second-order valence-electron chi connectivity index (χ2n) is 5.53. The molecule has 2 aromatic carbocycles. The Morgan fingerprint density at radius 1 is 1.19 bits per heavy atom. The summed E-state index contributed by atoms with van der Waals surface area (Å²) in [5.41, 5.74) is 0.500. The lowest BCUT2D eigenvalue weighted by molar-refractivity contribution is 0.101. The highest BCUT2D eigenvalue weighted by Crippen LogP contribution is 2.26. The number of methoxy groups -OCH3 is 1. The van der Waals surface area contributed by atoms with Crippen LogP contribution < -0.4 is 9.47 Å². The van der Waals surface area contributed by atoms with Gasteiger partial charge in [-0.25, -0.2) is 4.39 Å². The van der Waals surface area contributed by atoms with E-state index in [1.807, 2.05) is 0 Å². The van der Waals surface area contributed by atoms with Crippen molar-refractivity contribution in [3.63, 3.8) is 0 Å². The first-order valence-corrected chi connectivity index (χ1v) is 9.10. The van der Waals surface area contributed by atoms with E-state index in [-0.39, 0.29) is 28.5 Å². The Morgan fingerprint density at radius 3 is 2.67 bits per heavy atom. The molecule has 0 saturated carbocycles. The molecule has 3 rings (SSSR count). The predicted octanol–water partition coefficient (Wildman–Crippen LogP) is 4.33. The Labute approximate surface area is 159 Å². The van der Waals surface area contributed by atoms with Gasteiger partial charge in [0.15, 0.2) is 11.9 Å². The van der Waals surface area contributed by atoms with E-state index in [0.717, 1.165) is 11.8 Å². The van der Waals surface area contributed by atoms with E-state index in [1.54, 1.807) is 31.2 Å². The lowest BCUT2D eigenvalue weighted by atomic mass is 10.1. The van der Waals surface area contributed by atoms with Gasteiger partial charge in [-0.3, -0.25) is 4.79 Å². The molecule has 0 fully saturated rings. The van der Waals surface area contributed by atoms with Crippen LogP contribution in [0.2, 0.25) is 0 Å². The molecule has 0 aliphatic carbocycles. The lowest BCUT2D eigenvalue weighted by Gasteiger charge is -2.10. The molecule has 0 amide bonds. The normalized spacial score (nSPS) is 11.8. The maximum atomic E-state index is 12.9. The number of hydrogen-bond acceptors (Lipinski definition) is 7. The maximum Gasteiger partial charge on any atom is 0.277 e. The third-order valence-electron chi connectivity index (χ3n) is 3.63. The van der Waals surface area contributed by atoms with Crippen molar-refractivity contribution in [1.82, 2.24) is 10.2 Å². The molecule has 1 atom stereocenters. The highest BCUT2D eigenvalue weighted by atomic mass is 32.2. The summed E-state index contributed by atoms with van der Waals surface area (Å²) in [6.07, 6.45) is -0.512. The SMILES string of the molecule is COc1ccccc1C(=O)CSc1nnc([C@@H](C)Oc2ccc(F)cc2)o1. The van der Waals surface area contributed by atoms with Crippen molar-refractivity contribution in [2.45, 2.75) is 18.3 Å². The summed E-state index contributed by atoms with van der Waals surface area (Å²) in [6, 6.07) is 12.7. The van der Waals surface area contributed by atoms with Crippen LogP contribution in [0.15, 0.2) is 58.2 Å². The molecule has 8 heteroatoms. The molecule has 140 valence electrons. The minimum absolute atomic E-state index is 0.104. The van der Waals surface area contributed by atoms with E-state index >= 15 is 0 Å². The molecule has 0 aliphatic heterocycles. The first kappa shape index (κ1) is 18.9. The van der Waals surface area contributed by atoms with E-state index in [1.165, 1.54) is 31.4 Å². The van der Waals surface area contributed by atoms with Gasteiger partial charge in [-0.05, 0) is 43.3 Å². The molecule has 0 unspecified atom stereocenters. The Balaban J connectivity index is 1.59. The molecule has 1 aromatic heterocycles. The molecule has 6 nitrogen and oxygen atoms in total. The number of rotatable bonds is 8. The molecule has 0 bridgehead atoms. The van der Waals surface area contributed by atoms with Crippen molar-refractivity contribution in [1.29, 1.82) is 0 Å². The van der Waals surface area contributed by atoms with Gasteiger partial charge in [0.05, 0.1) is 18.4 Å². The Kier molecular flexibility index (Phi) is 6.08. The predicted molar refractivity (Wildman–Crippen MR) is 97.8 cm³/mol. The standard InChI is InChI=1S/C19H17FN2O4S/c1-12(25-14-9-7-13(20)8-10-14)18-21-22-19(26-18)27-11-16(23)15-5-3-4-6-17(15)24-2/h3-10,12H,11H2,1-2H3/t12-/m1/s1. The summed E-state index contributed by atoms with van der Waals surface area (Å²) in [6.45, 7) is 1.74. The lowest BCUT2D eigenvalue weighted by Crippen LogP contribution is -2.04. The van der Waals surface area contributed by atoms with Gasteiger partial charge in [0, 0.05) is 0 Å². The number of aromatic nitrogens is 2. The number of ether oxygens (including phenoxy) is 2. The average Bonchev–Trinajstić information content (AvgIpc) is 3.17. The highest BCUT2D eigenvalue weighted by Gasteiger charge is 2.18. The number of para-hydroxylation sites is 1. The average molecular weight is 388 g/mol. The molecule has 3 aromatic rings. The number of halogens is 1. The number of nitrogens with zero attached hydrogens (tertiary/aromatic N) is 2. The van der Waals surface area contributed by atoms with E-state index in [2.05, 4.69) is 10.2 Å². The minimum Gasteiger partial charge on any atom is -0.496 e. The van der Waals surface area contributed by atoms with Gasteiger partial charge in [-0.2, -0.15) is 0 Å². The maximum absolute atomic E-state index is 12.9. The molecule has 0 radical (unpaired) electrons. The summed E-state index contributed by atoms with van der Waals surface area (Å²) in [5.74, 6) is 0.971. The highest BCUT2D eigenvalue weighted by molar-refractivity contribution is 7.99. The fourth-order valence-electron chi connectivity index (χ4n) is 2.29. The van der Waals surface area contributed by atoms with Gasteiger partial charge in [0.2, 0.25) is 0 Å². The van der Waals surface area contributed by atoms with Crippen LogP contribution in [-0.2, 0) is 0 Å². The molecule has 0 spiro atoms. The summed E-state index contributed by atoms with van der Waals surface area (Å²) in [4.78, 5) is 12.4. The summed E-state index contributed by atoms with van der Waals surface area (Å²) >= 11 is 1.14. The van der Waals surface area contributed by atoms with Crippen LogP contribution >= 0.6 is 11.8 Å². The fourth-order valence-corrected chi connectivity index (χ4v) is 2.94. The largest absolute Gasteiger partial charge is 0.496 e. The quantitative estimate of drug-likeness (QED) is 0.420. The summed E-state index contributed by atoms with van der Waals surface area (Å²) in [7, 11) is 1.52. The zero-order valence-corrected chi connectivity index (χ0v) is 15.5. The Bertz CT molecular complexity index is 914. The number of benzene rings is 2. The third-order valence-corrected chi connectivity index (χ3v) is 4.45. The topological polar surface area (TPSA) is 74.5 Å². The molecular weight excluding hydrogens is 371 g/mol. The number of ketones is 1. The van der Waals surface area contributed by atoms with Crippen LogP contribution in [0.1, 0.15) is 29.3 Å². The van der Waals surface area contributed by atoms with Crippen molar-refractivity contribution in [2.75, 3.05) is 12.9 Å². The summed E-state index contributed by atoms with van der Waals surface area (Å²) < 4.78 is 29.3. The monoisotopic (exact) mass is 388 g/mol. The van der Waals surface area contributed by atoms with Crippen LogP contribution in [0.4, 0.5) is 4.39 Å². The van der Waals surface area contributed by atoms with Crippen LogP contribution in [0.3, 0.4) is 0 Å². The molecule has 1 heterocycles. The van der Waals surface area contributed by atoms with Gasteiger partial charge in [0.25, 0.3) is 11.1 Å². The minimum atomic E-state index is -0.512. The van der Waals surface area contributed by atoms with Gasteiger partial charge in [-0.15, -0.1) is 10.2 Å². The summed E-state index contributed by atoms with van der Waals surface area (Å²) in [5, 5.41) is 8.13. The molecule has 27 heavy (non-hydrogen) atoms. The zero-order valence-electron chi connectivity index (χ0n) is 14.7. The van der Waals surface area contributed by atoms with Crippen LogP contribution in [0.25, 0.3) is 0 Å². The number of Topliss-reactive ketones (excluding diaryl/α,β-unsaturated/α-hetero) is 1. The Hall–Kier alpha value is -2.87. The second-order valence-corrected chi connectivity index (χ2v) is 6.46. The molecular formula is C19H17FN2O4S. The van der Waals surface area contributed by atoms with Gasteiger partial charge < -0.3 is 13.9 Å². The fraction of sp³-hybridized carbons (Fsp3) is 0.211. The second kappa shape index (κ2) is 8.68. The zero-order chi connectivity index (χ0) is 19.2. The van der Waals surface area contributed by atoms with E-state index in [0.29, 0.717) is 17.1 Å². The molecule has 0 saturated heterocycles. The van der Waals surface area contributed by atoms with E-state index in [4.69, 9.17) is 13.9 Å².